The number of rotatable bonds is 4. The van der Waals surface area contributed by atoms with E-state index in [1.165, 1.54) is 25.0 Å². The predicted molar refractivity (Wildman–Crippen MR) is 84.5 cm³/mol. The van der Waals surface area contributed by atoms with E-state index in [9.17, 15) is 4.39 Å². The van der Waals surface area contributed by atoms with Gasteiger partial charge in [0.05, 0.1) is 6.54 Å². The van der Waals surface area contributed by atoms with Crippen molar-refractivity contribution in [1.82, 2.24) is 10.6 Å². The van der Waals surface area contributed by atoms with Gasteiger partial charge in [-0.1, -0.05) is 6.07 Å². The minimum absolute atomic E-state index is 0. The predicted octanol–water partition coefficient (Wildman–Crippen LogP) is 2.37. The molecule has 0 aromatic heterocycles. The second-order valence-corrected chi connectivity index (χ2v) is 4.40. The van der Waals surface area contributed by atoms with Crippen molar-refractivity contribution in [2.24, 2.45) is 4.99 Å². The Morgan fingerprint density at radius 3 is 2.79 bits per heavy atom. The van der Waals surface area contributed by atoms with Crippen LogP contribution in [0.1, 0.15) is 25.3 Å². The first-order valence-corrected chi connectivity index (χ1v) is 6.21. The molecular formula is C13H19FIN3O. The molecule has 6 heteroatoms. The first-order valence-electron chi connectivity index (χ1n) is 6.21. The highest BCUT2D eigenvalue weighted by atomic mass is 127. The third kappa shape index (κ3) is 5.22. The number of hydrogen-bond donors (Lipinski definition) is 3. The fraction of sp³-hybridized carbons (Fsp3) is 0.462. The standard InChI is InChI=1S/C13H18FN3O.HI/c1-2-15-13(17-10-4-5-10)16-8-9-3-6-12(18)11(14)7-9;/h3,6-7,10,18H,2,4-5,8H2,1H3,(H2,15,16,17);1H. The van der Waals surface area contributed by atoms with E-state index in [0.29, 0.717) is 12.6 Å². The summed E-state index contributed by atoms with van der Waals surface area (Å²) in [6.07, 6.45) is 2.36. The third-order valence-corrected chi connectivity index (χ3v) is 2.69. The zero-order valence-electron chi connectivity index (χ0n) is 10.8. The van der Waals surface area contributed by atoms with E-state index in [-0.39, 0.29) is 29.7 Å². The lowest BCUT2D eigenvalue weighted by molar-refractivity contribution is 0.432. The molecule has 106 valence electrons. The van der Waals surface area contributed by atoms with Gasteiger partial charge in [-0.05, 0) is 37.5 Å². The smallest absolute Gasteiger partial charge is 0.191 e. The second kappa shape index (κ2) is 7.52. The number of nitrogens with one attached hydrogen (secondary N) is 2. The zero-order chi connectivity index (χ0) is 13.0. The van der Waals surface area contributed by atoms with Crippen LogP contribution >= 0.6 is 24.0 Å². The molecule has 0 atom stereocenters. The van der Waals surface area contributed by atoms with Gasteiger partial charge in [-0.15, -0.1) is 24.0 Å². The summed E-state index contributed by atoms with van der Waals surface area (Å²) in [7, 11) is 0. The average molecular weight is 379 g/mol. The molecule has 0 aliphatic heterocycles. The molecule has 0 bridgehead atoms. The maximum Gasteiger partial charge on any atom is 0.191 e. The van der Waals surface area contributed by atoms with E-state index in [4.69, 9.17) is 5.11 Å². The van der Waals surface area contributed by atoms with E-state index < -0.39 is 5.82 Å². The number of nitrogens with zero attached hydrogens (tertiary/aromatic N) is 1. The topological polar surface area (TPSA) is 56.7 Å². The zero-order valence-corrected chi connectivity index (χ0v) is 13.1. The van der Waals surface area contributed by atoms with Crippen molar-refractivity contribution in [3.63, 3.8) is 0 Å². The van der Waals surface area contributed by atoms with Crippen LogP contribution in [0.4, 0.5) is 4.39 Å². The largest absolute Gasteiger partial charge is 0.505 e. The molecule has 2 rings (SSSR count). The minimum atomic E-state index is -0.608. The summed E-state index contributed by atoms with van der Waals surface area (Å²) in [6.45, 7) is 3.19. The van der Waals surface area contributed by atoms with Crippen molar-refractivity contribution in [2.75, 3.05) is 6.54 Å². The number of benzene rings is 1. The number of halogens is 2. The summed E-state index contributed by atoms with van der Waals surface area (Å²) in [5.41, 5.74) is 0.735. The maximum atomic E-state index is 13.1. The lowest BCUT2D eigenvalue weighted by atomic mass is 10.2. The van der Waals surface area contributed by atoms with Crippen molar-refractivity contribution < 1.29 is 9.50 Å². The molecule has 0 radical (unpaired) electrons. The summed E-state index contributed by atoms with van der Waals surface area (Å²) < 4.78 is 13.1. The molecule has 1 fully saturated rings. The Hall–Kier alpha value is -1.05. The van der Waals surface area contributed by atoms with Crippen LogP contribution in [-0.2, 0) is 6.54 Å². The number of phenols is 1. The molecule has 1 aliphatic carbocycles. The molecule has 1 saturated carbocycles. The van der Waals surface area contributed by atoms with E-state index in [0.717, 1.165) is 18.1 Å². The molecule has 19 heavy (non-hydrogen) atoms. The number of guanidine groups is 1. The number of aliphatic imine (C=N–C) groups is 1. The Balaban J connectivity index is 0.00000180. The van der Waals surface area contributed by atoms with Crippen LogP contribution in [0.15, 0.2) is 23.2 Å². The normalized spacial score (nSPS) is 14.7. The maximum absolute atomic E-state index is 13.1. The van der Waals surface area contributed by atoms with Gasteiger partial charge in [0.1, 0.15) is 0 Å². The highest BCUT2D eigenvalue weighted by Gasteiger charge is 2.21. The monoisotopic (exact) mass is 379 g/mol. The van der Waals surface area contributed by atoms with Crippen LogP contribution < -0.4 is 10.6 Å². The van der Waals surface area contributed by atoms with Gasteiger partial charge >= 0.3 is 0 Å². The number of phenolic OH excluding ortho intramolecular Hbond substituents is 1. The number of aromatic hydroxyl groups is 1. The van der Waals surface area contributed by atoms with E-state index >= 15 is 0 Å². The Morgan fingerprint density at radius 2 is 2.21 bits per heavy atom. The molecule has 0 amide bonds. The molecule has 1 aromatic rings. The van der Waals surface area contributed by atoms with Crippen LogP contribution in [0.2, 0.25) is 0 Å². The van der Waals surface area contributed by atoms with Crippen molar-refractivity contribution in [1.29, 1.82) is 0 Å². The van der Waals surface area contributed by atoms with Gasteiger partial charge in [0, 0.05) is 12.6 Å². The summed E-state index contributed by atoms with van der Waals surface area (Å²) in [5.74, 6) is -0.179. The molecule has 0 unspecified atom stereocenters. The minimum Gasteiger partial charge on any atom is -0.505 e. The summed E-state index contributed by atoms with van der Waals surface area (Å²) in [5, 5.41) is 15.5. The molecular weight excluding hydrogens is 360 g/mol. The summed E-state index contributed by atoms with van der Waals surface area (Å²) >= 11 is 0. The fourth-order valence-electron chi connectivity index (χ4n) is 1.56. The lowest BCUT2D eigenvalue weighted by Crippen LogP contribution is -2.38. The molecule has 0 spiro atoms. The van der Waals surface area contributed by atoms with Crippen LogP contribution in [0.5, 0.6) is 5.75 Å². The van der Waals surface area contributed by atoms with Crippen LogP contribution in [0, 0.1) is 5.82 Å². The van der Waals surface area contributed by atoms with Gasteiger partial charge in [-0.25, -0.2) is 9.38 Å². The van der Waals surface area contributed by atoms with Crippen LogP contribution in [-0.4, -0.2) is 23.7 Å². The fourth-order valence-corrected chi connectivity index (χ4v) is 1.56. The van der Waals surface area contributed by atoms with Gasteiger partial charge in [0.15, 0.2) is 17.5 Å². The molecule has 0 saturated heterocycles. The highest BCUT2D eigenvalue weighted by molar-refractivity contribution is 14.0. The molecule has 3 N–H and O–H groups in total. The van der Waals surface area contributed by atoms with Crippen molar-refractivity contribution in [3.05, 3.63) is 29.6 Å². The van der Waals surface area contributed by atoms with Gasteiger partial charge in [0.25, 0.3) is 0 Å². The Labute approximate surface area is 129 Å². The van der Waals surface area contributed by atoms with Gasteiger partial charge in [-0.2, -0.15) is 0 Å². The molecule has 1 aromatic carbocycles. The second-order valence-electron chi connectivity index (χ2n) is 4.40. The van der Waals surface area contributed by atoms with E-state index in [1.54, 1.807) is 6.07 Å². The third-order valence-electron chi connectivity index (χ3n) is 2.69. The van der Waals surface area contributed by atoms with E-state index in [1.807, 2.05) is 6.92 Å². The molecule has 0 heterocycles. The SMILES string of the molecule is CCNC(=NCc1ccc(O)c(F)c1)NC1CC1.I. The van der Waals surface area contributed by atoms with Gasteiger partial charge in [0.2, 0.25) is 0 Å². The Morgan fingerprint density at radius 1 is 1.47 bits per heavy atom. The van der Waals surface area contributed by atoms with Crippen molar-refractivity contribution in [2.45, 2.75) is 32.4 Å². The average Bonchev–Trinajstić information content (AvgIpc) is 3.14. The summed E-state index contributed by atoms with van der Waals surface area (Å²) in [4.78, 5) is 4.38. The first-order chi connectivity index (χ1) is 8.69. The van der Waals surface area contributed by atoms with Crippen molar-refractivity contribution >= 4 is 29.9 Å². The summed E-state index contributed by atoms with van der Waals surface area (Å²) in [6, 6.07) is 4.85. The Kier molecular flexibility index (Phi) is 6.33. The molecule has 1 aliphatic rings. The Bertz CT molecular complexity index is 450. The van der Waals surface area contributed by atoms with Crippen LogP contribution in [0.25, 0.3) is 0 Å². The number of hydrogen-bond acceptors (Lipinski definition) is 2. The van der Waals surface area contributed by atoms with Crippen LogP contribution in [0.3, 0.4) is 0 Å². The van der Waals surface area contributed by atoms with Gasteiger partial charge in [-0.3, -0.25) is 0 Å². The molecule has 4 nitrogen and oxygen atoms in total. The highest BCUT2D eigenvalue weighted by Crippen LogP contribution is 2.19. The lowest BCUT2D eigenvalue weighted by Gasteiger charge is -2.10. The van der Waals surface area contributed by atoms with E-state index in [2.05, 4.69) is 15.6 Å². The first kappa shape index (κ1) is 16.0. The van der Waals surface area contributed by atoms with Crippen molar-refractivity contribution in [3.8, 4) is 5.75 Å². The quantitative estimate of drug-likeness (QED) is 0.428. The van der Waals surface area contributed by atoms with Gasteiger partial charge < -0.3 is 15.7 Å².